The molecule has 82 valence electrons. The Balaban J connectivity index is 2.14. The smallest absolute Gasteiger partial charge is 0.194 e. The number of phenolic OH excluding ortho intramolecular Hbond substituents is 2. The third-order valence-corrected chi connectivity index (χ3v) is 2.75. The Bertz CT molecular complexity index is 339. The highest BCUT2D eigenvalue weighted by Crippen LogP contribution is 2.29. The van der Waals surface area contributed by atoms with Crippen LogP contribution in [0.3, 0.4) is 0 Å². The van der Waals surface area contributed by atoms with Gasteiger partial charge in [0.2, 0.25) is 0 Å². The van der Waals surface area contributed by atoms with E-state index < -0.39 is 11.6 Å². The number of rotatable bonds is 2. The lowest BCUT2D eigenvalue weighted by Crippen LogP contribution is -2.23. The lowest BCUT2D eigenvalue weighted by Gasteiger charge is -2.10. The van der Waals surface area contributed by atoms with Gasteiger partial charge in [-0.05, 0) is 43.5 Å². The molecule has 0 spiro atoms. The summed E-state index contributed by atoms with van der Waals surface area (Å²) >= 11 is 0. The molecule has 0 radical (unpaired) electrons. The molecule has 0 saturated carbocycles. The Morgan fingerprint density at radius 3 is 2.80 bits per heavy atom. The highest BCUT2D eigenvalue weighted by molar-refractivity contribution is 5.42. The van der Waals surface area contributed by atoms with Gasteiger partial charge in [-0.2, -0.15) is 0 Å². The Hall–Kier alpha value is -1.29. The molecule has 1 aromatic carbocycles. The van der Waals surface area contributed by atoms with E-state index >= 15 is 0 Å². The topological polar surface area (TPSA) is 52.5 Å². The summed E-state index contributed by atoms with van der Waals surface area (Å²) in [4.78, 5) is 0. The van der Waals surface area contributed by atoms with Gasteiger partial charge in [-0.25, -0.2) is 4.39 Å². The summed E-state index contributed by atoms with van der Waals surface area (Å²) in [5.41, 5.74) is 0.710. The molecule has 1 aliphatic rings. The number of nitrogens with one attached hydrogen (secondary N) is 1. The van der Waals surface area contributed by atoms with E-state index in [1.165, 1.54) is 12.1 Å². The van der Waals surface area contributed by atoms with Crippen LogP contribution in [0.15, 0.2) is 12.1 Å². The van der Waals surface area contributed by atoms with Crippen LogP contribution in [0.25, 0.3) is 0 Å². The first-order valence-corrected chi connectivity index (χ1v) is 5.10. The van der Waals surface area contributed by atoms with Crippen molar-refractivity contribution in [1.82, 2.24) is 5.32 Å². The van der Waals surface area contributed by atoms with Crippen molar-refractivity contribution in [3.63, 3.8) is 0 Å². The average molecular weight is 211 g/mol. The Morgan fingerprint density at radius 1 is 1.40 bits per heavy atom. The van der Waals surface area contributed by atoms with Gasteiger partial charge < -0.3 is 15.5 Å². The summed E-state index contributed by atoms with van der Waals surface area (Å²) in [7, 11) is 0. The number of aromatic hydroxyl groups is 2. The fourth-order valence-corrected chi connectivity index (χ4v) is 1.97. The van der Waals surface area contributed by atoms with Crippen LogP contribution in [0.1, 0.15) is 18.4 Å². The van der Waals surface area contributed by atoms with Gasteiger partial charge in [0.1, 0.15) is 0 Å². The van der Waals surface area contributed by atoms with Crippen molar-refractivity contribution in [2.45, 2.75) is 25.3 Å². The van der Waals surface area contributed by atoms with Gasteiger partial charge in [-0.15, -0.1) is 0 Å². The minimum atomic E-state index is -0.761. The quantitative estimate of drug-likeness (QED) is 0.650. The number of hydrogen-bond donors (Lipinski definition) is 3. The number of phenols is 2. The second kappa shape index (κ2) is 4.06. The lowest BCUT2D eigenvalue weighted by molar-refractivity contribution is 0.377. The lowest BCUT2D eigenvalue weighted by atomic mass is 10.0. The predicted octanol–water partition coefficient (Wildman–Crippen LogP) is 1.53. The molecule has 0 amide bonds. The Labute approximate surface area is 87.6 Å². The molecule has 0 aliphatic carbocycles. The maximum Gasteiger partial charge on any atom is 0.194 e. The molecule has 1 atom stereocenters. The van der Waals surface area contributed by atoms with Gasteiger partial charge >= 0.3 is 0 Å². The highest BCUT2D eigenvalue weighted by Gasteiger charge is 2.16. The highest BCUT2D eigenvalue weighted by atomic mass is 19.1. The molecule has 3 nitrogen and oxygen atoms in total. The molecular formula is C11H14FNO2. The second-order valence-corrected chi connectivity index (χ2v) is 3.94. The zero-order chi connectivity index (χ0) is 10.8. The first-order valence-electron chi connectivity index (χ1n) is 5.10. The summed E-state index contributed by atoms with van der Waals surface area (Å²) in [5, 5.41) is 21.6. The van der Waals surface area contributed by atoms with Crippen LogP contribution in [0.4, 0.5) is 4.39 Å². The molecule has 3 N–H and O–H groups in total. The van der Waals surface area contributed by atoms with E-state index in [4.69, 9.17) is 5.11 Å². The van der Waals surface area contributed by atoms with Gasteiger partial charge in [-0.3, -0.25) is 0 Å². The van der Waals surface area contributed by atoms with Gasteiger partial charge in [0.25, 0.3) is 0 Å². The third-order valence-electron chi connectivity index (χ3n) is 2.75. The van der Waals surface area contributed by atoms with Crippen molar-refractivity contribution in [3.8, 4) is 11.5 Å². The molecule has 1 unspecified atom stereocenters. The van der Waals surface area contributed by atoms with Gasteiger partial charge in [0, 0.05) is 6.04 Å². The van der Waals surface area contributed by atoms with Crippen LogP contribution in [0, 0.1) is 5.82 Å². The molecule has 1 fully saturated rings. The van der Waals surface area contributed by atoms with Crippen LogP contribution in [-0.4, -0.2) is 22.8 Å². The Kier molecular flexibility index (Phi) is 2.77. The van der Waals surface area contributed by atoms with Crippen molar-refractivity contribution < 1.29 is 14.6 Å². The van der Waals surface area contributed by atoms with Crippen LogP contribution in [0.2, 0.25) is 0 Å². The van der Waals surface area contributed by atoms with E-state index in [0.29, 0.717) is 18.0 Å². The summed E-state index contributed by atoms with van der Waals surface area (Å²) in [6, 6.07) is 3.04. The summed E-state index contributed by atoms with van der Waals surface area (Å²) in [6.45, 7) is 0.997. The molecule has 1 aliphatic heterocycles. The summed E-state index contributed by atoms with van der Waals surface area (Å²) in [6.07, 6.45) is 2.89. The minimum Gasteiger partial charge on any atom is -0.504 e. The van der Waals surface area contributed by atoms with E-state index in [-0.39, 0.29) is 5.75 Å². The van der Waals surface area contributed by atoms with Gasteiger partial charge in [0.05, 0.1) is 0 Å². The standard InChI is InChI=1S/C11H14FNO2/c12-9-5-7(6-10(14)11(9)15)4-8-2-1-3-13-8/h5-6,8,13-15H,1-4H2. The number of benzene rings is 1. The first kappa shape index (κ1) is 10.2. The van der Waals surface area contributed by atoms with Crippen molar-refractivity contribution in [2.24, 2.45) is 0 Å². The van der Waals surface area contributed by atoms with Crippen molar-refractivity contribution in [1.29, 1.82) is 0 Å². The van der Waals surface area contributed by atoms with E-state index in [0.717, 1.165) is 19.4 Å². The minimum absolute atomic E-state index is 0.355. The van der Waals surface area contributed by atoms with Crippen molar-refractivity contribution >= 4 is 0 Å². The molecule has 15 heavy (non-hydrogen) atoms. The average Bonchev–Trinajstić information content (AvgIpc) is 2.66. The molecule has 1 aromatic rings. The second-order valence-electron chi connectivity index (χ2n) is 3.94. The van der Waals surface area contributed by atoms with Crippen LogP contribution < -0.4 is 5.32 Å². The fraction of sp³-hybridized carbons (Fsp3) is 0.455. The maximum atomic E-state index is 13.1. The zero-order valence-corrected chi connectivity index (χ0v) is 8.33. The van der Waals surface area contributed by atoms with E-state index in [1.54, 1.807) is 0 Å². The predicted molar refractivity (Wildman–Crippen MR) is 54.5 cm³/mol. The van der Waals surface area contributed by atoms with Crippen LogP contribution in [-0.2, 0) is 6.42 Å². The largest absolute Gasteiger partial charge is 0.504 e. The monoisotopic (exact) mass is 211 g/mol. The Morgan fingerprint density at radius 2 is 2.20 bits per heavy atom. The van der Waals surface area contributed by atoms with E-state index in [1.807, 2.05) is 0 Å². The third kappa shape index (κ3) is 2.21. The molecule has 1 heterocycles. The SMILES string of the molecule is Oc1cc(CC2CCCN2)cc(F)c1O. The molecule has 0 aromatic heterocycles. The van der Waals surface area contributed by atoms with Crippen LogP contribution >= 0.6 is 0 Å². The van der Waals surface area contributed by atoms with Crippen molar-refractivity contribution in [2.75, 3.05) is 6.54 Å². The first-order chi connectivity index (χ1) is 7.16. The summed E-state index contributed by atoms with van der Waals surface area (Å²) < 4.78 is 13.1. The maximum absolute atomic E-state index is 13.1. The van der Waals surface area contributed by atoms with E-state index in [2.05, 4.69) is 5.32 Å². The molecule has 4 heteroatoms. The van der Waals surface area contributed by atoms with Gasteiger partial charge in [-0.1, -0.05) is 0 Å². The molecular weight excluding hydrogens is 197 g/mol. The number of halogens is 1. The number of hydrogen-bond acceptors (Lipinski definition) is 3. The van der Waals surface area contributed by atoms with Crippen LogP contribution in [0.5, 0.6) is 11.5 Å². The van der Waals surface area contributed by atoms with Crippen molar-refractivity contribution in [3.05, 3.63) is 23.5 Å². The normalized spacial score (nSPS) is 20.7. The molecule has 2 rings (SSSR count). The molecule has 1 saturated heterocycles. The zero-order valence-electron chi connectivity index (χ0n) is 8.33. The summed E-state index contributed by atoms with van der Waals surface area (Å²) in [5.74, 6) is -1.82. The molecule has 0 bridgehead atoms. The van der Waals surface area contributed by atoms with E-state index in [9.17, 15) is 9.50 Å². The fourth-order valence-electron chi connectivity index (χ4n) is 1.97. The van der Waals surface area contributed by atoms with Gasteiger partial charge in [0.15, 0.2) is 17.3 Å².